The van der Waals surface area contributed by atoms with Gasteiger partial charge < -0.3 is 10.3 Å². The molecule has 0 bridgehead atoms. The predicted octanol–water partition coefficient (Wildman–Crippen LogP) is 1.08. The maximum atomic E-state index is 5.69. The minimum Gasteiger partial charge on any atom is -0.339 e. The standard InChI is InChI=1S/C8H15N3O/c1-4-7-10-8(12-11-7)5(2)6(3)9/h5-6H,4,9H2,1-3H3. The quantitative estimate of drug-likeness (QED) is 0.735. The van der Waals surface area contributed by atoms with Gasteiger partial charge in [0.15, 0.2) is 5.82 Å². The highest BCUT2D eigenvalue weighted by molar-refractivity contribution is 4.95. The smallest absolute Gasteiger partial charge is 0.231 e. The summed E-state index contributed by atoms with van der Waals surface area (Å²) in [6, 6.07) is 0.0511. The highest BCUT2D eigenvalue weighted by Gasteiger charge is 2.16. The largest absolute Gasteiger partial charge is 0.339 e. The van der Waals surface area contributed by atoms with Crippen LogP contribution in [0, 0.1) is 0 Å². The second-order valence-electron chi connectivity index (χ2n) is 3.05. The van der Waals surface area contributed by atoms with Gasteiger partial charge in [0, 0.05) is 12.5 Å². The summed E-state index contributed by atoms with van der Waals surface area (Å²) in [6.07, 6.45) is 0.801. The van der Waals surface area contributed by atoms with Crippen LogP contribution in [-0.4, -0.2) is 16.2 Å². The first kappa shape index (κ1) is 9.19. The van der Waals surface area contributed by atoms with Crippen molar-refractivity contribution in [1.82, 2.24) is 10.1 Å². The van der Waals surface area contributed by atoms with Crippen molar-refractivity contribution in [3.05, 3.63) is 11.7 Å². The van der Waals surface area contributed by atoms with Crippen LogP contribution in [0.3, 0.4) is 0 Å². The van der Waals surface area contributed by atoms with Crippen molar-refractivity contribution in [1.29, 1.82) is 0 Å². The molecule has 0 fully saturated rings. The molecule has 12 heavy (non-hydrogen) atoms. The Bertz CT molecular complexity index is 244. The van der Waals surface area contributed by atoms with E-state index in [1.165, 1.54) is 0 Å². The van der Waals surface area contributed by atoms with E-state index >= 15 is 0 Å². The van der Waals surface area contributed by atoms with E-state index in [1.807, 2.05) is 20.8 Å². The van der Waals surface area contributed by atoms with Gasteiger partial charge in [-0.25, -0.2) is 0 Å². The van der Waals surface area contributed by atoms with Gasteiger partial charge in [0.05, 0.1) is 5.92 Å². The molecule has 0 aliphatic carbocycles. The van der Waals surface area contributed by atoms with E-state index in [1.54, 1.807) is 0 Å². The zero-order valence-electron chi connectivity index (χ0n) is 7.74. The predicted molar refractivity (Wildman–Crippen MR) is 45.7 cm³/mol. The van der Waals surface area contributed by atoms with E-state index in [9.17, 15) is 0 Å². The van der Waals surface area contributed by atoms with Crippen LogP contribution in [0.1, 0.15) is 38.4 Å². The van der Waals surface area contributed by atoms with Gasteiger partial charge in [-0.1, -0.05) is 19.0 Å². The minimum atomic E-state index is 0.0511. The Morgan fingerprint density at radius 1 is 1.50 bits per heavy atom. The van der Waals surface area contributed by atoms with Crippen LogP contribution in [-0.2, 0) is 6.42 Å². The van der Waals surface area contributed by atoms with E-state index in [0.29, 0.717) is 5.89 Å². The first-order valence-electron chi connectivity index (χ1n) is 4.23. The number of nitrogens with zero attached hydrogens (tertiary/aromatic N) is 2. The Labute approximate surface area is 72.1 Å². The number of aromatic nitrogens is 2. The second-order valence-corrected chi connectivity index (χ2v) is 3.05. The maximum Gasteiger partial charge on any atom is 0.231 e. The molecule has 1 aromatic rings. The van der Waals surface area contributed by atoms with Crippen molar-refractivity contribution in [3.63, 3.8) is 0 Å². The molecule has 0 aliphatic heterocycles. The summed E-state index contributed by atoms with van der Waals surface area (Å²) in [6.45, 7) is 5.91. The third-order valence-corrected chi connectivity index (χ3v) is 1.98. The average molecular weight is 169 g/mol. The molecule has 0 saturated heterocycles. The summed E-state index contributed by atoms with van der Waals surface area (Å²) in [5.41, 5.74) is 5.69. The topological polar surface area (TPSA) is 64.9 Å². The van der Waals surface area contributed by atoms with Gasteiger partial charge in [-0.2, -0.15) is 4.98 Å². The number of hydrogen-bond acceptors (Lipinski definition) is 4. The molecular weight excluding hydrogens is 154 g/mol. The molecule has 0 radical (unpaired) electrons. The lowest BCUT2D eigenvalue weighted by atomic mass is 10.1. The zero-order chi connectivity index (χ0) is 9.14. The fourth-order valence-corrected chi connectivity index (χ4v) is 0.821. The van der Waals surface area contributed by atoms with Crippen LogP contribution >= 0.6 is 0 Å². The van der Waals surface area contributed by atoms with E-state index in [2.05, 4.69) is 10.1 Å². The molecule has 0 aliphatic rings. The molecule has 1 heterocycles. The molecule has 2 N–H and O–H groups in total. The molecule has 4 heteroatoms. The highest BCUT2D eigenvalue weighted by Crippen LogP contribution is 2.15. The Kier molecular flexibility index (Phi) is 2.81. The fourth-order valence-electron chi connectivity index (χ4n) is 0.821. The average Bonchev–Trinajstić information content (AvgIpc) is 2.50. The Hall–Kier alpha value is -0.900. The maximum absolute atomic E-state index is 5.69. The van der Waals surface area contributed by atoms with Gasteiger partial charge in [0.1, 0.15) is 0 Å². The Morgan fingerprint density at radius 3 is 2.58 bits per heavy atom. The molecule has 1 aromatic heterocycles. The van der Waals surface area contributed by atoms with E-state index in [0.717, 1.165) is 12.2 Å². The van der Waals surface area contributed by atoms with Crippen LogP contribution in [0.4, 0.5) is 0 Å². The lowest BCUT2D eigenvalue weighted by Gasteiger charge is -2.09. The van der Waals surface area contributed by atoms with Gasteiger partial charge >= 0.3 is 0 Å². The van der Waals surface area contributed by atoms with Crippen LogP contribution in [0.15, 0.2) is 4.52 Å². The monoisotopic (exact) mass is 169 g/mol. The first-order valence-corrected chi connectivity index (χ1v) is 4.23. The first-order chi connectivity index (χ1) is 5.65. The summed E-state index contributed by atoms with van der Waals surface area (Å²) in [5, 5.41) is 3.80. The molecule has 0 amide bonds. The third-order valence-electron chi connectivity index (χ3n) is 1.98. The minimum absolute atomic E-state index is 0.0511. The van der Waals surface area contributed by atoms with Crippen molar-refractivity contribution in [2.75, 3.05) is 0 Å². The lowest BCUT2D eigenvalue weighted by Crippen LogP contribution is -2.22. The van der Waals surface area contributed by atoms with E-state index in [-0.39, 0.29) is 12.0 Å². The van der Waals surface area contributed by atoms with Crippen molar-refractivity contribution >= 4 is 0 Å². The molecule has 4 nitrogen and oxygen atoms in total. The Balaban J connectivity index is 2.74. The molecular formula is C8H15N3O. The summed E-state index contributed by atoms with van der Waals surface area (Å²) in [7, 11) is 0. The van der Waals surface area contributed by atoms with Gasteiger partial charge in [-0.15, -0.1) is 0 Å². The van der Waals surface area contributed by atoms with Gasteiger partial charge in [0.25, 0.3) is 0 Å². The Morgan fingerprint density at radius 2 is 2.17 bits per heavy atom. The molecule has 68 valence electrons. The van der Waals surface area contributed by atoms with Crippen LogP contribution in [0.25, 0.3) is 0 Å². The summed E-state index contributed by atoms with van der Waals surface area (Å²) in [4.78, 5) is 4.19. The molecule has 2 atom stereocenters. The zero-order valence-corrected chi connectivity index (χ0v) is 7.74. The molecule has 0 spiro atoms. The number of aryl methyl sites for hydroxylation is 1. The van der Waals surface area contributed by atoms with Crippen molar-refractivity contribution < 1.29 is 4.52 Å². The van der Waals surface area contributed by atoms with E-state index < -0.39 is 0 Å². The van der Waals surface area contributed by atoms with Crippen LogP contribution in [0.2, 0.25) is 0 Å². The van der Waals surface area contributed by atoms with Crippen LogP contribution < -0.4 is 5.73 Å². The lowest BCUT2D eigenvalue weighted by molar-refractivity contribution is 0.343. The summed E-state index contributed by atoms with van der Waals surface area (Å²) in [5.74, 6) is 1.53. The second kappa shape index (κ2) is 3.67. The SMILES string of the molecule is CCc1noc(C(C)C(C)N)n1. The van der Waals surface area contributed by atoms with Gasteiger partial charge in [-0.05, 0) is 6.92 Å². The van der Waals surface area contributed by atoms with Gasteiger partial charge in [0.2, 0.25) is 5.89 Å². The summed E-state index contributed by atoms with van der Waals surface area (Å²) >= 11 is 0. The highest BCUT2D eigenvalue weighted by atomic mass is 16.5. The number of rotatable bonds is 3. The molecule has 0 saturated carbocycles. The van der Waals surface area contributed by atoms with Gasteiger partial charge in [-0.3, -0.25) is 0 Å². The molecule has 1 rings (SSSR count). The van der Waals surface area contributed by atoms with E-state index in [4.69, 9.17) is 10.3 Å². The summed E-state index contributed by atoms with van der Waals surface area (Å²) < 4.78 is 5.04. The van der Waals surface area contributed by atoms with Crippen LogP contribution in [0.5, 0.6) is 0 Å². The molecule has 2 unspecified atom stereocenters. The van der Waals surface area contributed by atoms with Crippen molar-refractivity contribution in [3.8, 4) is 0 Å². The third kappa shape index (κ3) is 1.82. The number of hydrogen-bond donors (Lipinski definition) is 1. The van der Waals surface area contributed by atoms with Crippen molar-refractivity contribution in [2.24, 2.45) is 5.73 Å². The molecule has 0 aromatic carbocycles. The normalized spacial score (nSPS) is 16.0. The van der Waals surface area contributed by atoms with Crippen molar-refractivity contribution in [2.45, 2.75) is 39.2 Å². The fraction of sp³-hybridized carbons (Fsp3) is 0.750. The number of nitrogens with two attached hydrogens (primary N) is 1.